The first-order valence-corrected chi connectivity index (χ1v) is 4.87. The van der Waals surface area contributed by atoms with Gasteiger partial charge in [-0.2, -0.15) is 0 Å². The van der Waals surface area contributed by atoms with Crippen molar-refractivity contribution in [1.29, 1.82) is 0 Å². The van der Waals surface area contributed by atoms with Crippen LogP contribution in [0.1, 0.15) is 6.42 Å². The van der Waals surface area contributed by atoms with E-state index < -0.39 is 0 Å². The lowest BCUT2D eigenvalue weighted by molar-refractivity contribution is -0.627. The highest BCUT2D eigenvalue weighted by molar-refractivity contribution is 6.30. The van der Waals surface area contributed by atoms with Gasteiger partial charge in [-0.15, -0.1) is 0 Å². The number of quaternary nitrogens is 1. The molecule has 1 rings (SSSR count). The fourth-order valence-corrected chi connectivity index (χ4v) is 1.13. The first-order chi connectivity index (χ1) is 6.33. The minimum Gasteiger partial charge on any atom is -0.493 e. The normalized spacial score (nSPS) is 10.0. The predicted molar refractivity (Wildman–Crippen MR) is 54.3 cm³/mol. The Bertz CT molecular complexity index is 235. The number of rotatable bonds is 5. The van der Waals surface area contributed by atoms with Gasteiger partial charge in [0.25, 0.3) is 0 Å². The van der Waals surface area contributed by atoms with Gasteiger partial charge in [-0.05, 0) is 24.3 Å². The van der Waals surface area contributed by atoms with Crippen LogP contribution < -0.4 is 10.1 Å². The molecule has 0 aromatic heterocycles. The van der Waals surface area contributed by atoms with E-state index in [-0.39, 0.29) is 0 Å². The van der Waals surface area contributed by atoms with Crippen molar-refractivity contribution in [3.05, 3.63) is 29.3 Å². The second kappa shape index (κ2) is 5.84. The molecule has 0 aliphatic rings. The lowest BCUT2D eigenvalue weighted by atomic mass is 10.3. The fourth-order valence-electron chi connectivity index (χ4n) is 1.01. The van der Waals surface area contributed by atoms with Crippen LogP contribution in [0.3, 0.4) is 0 Å². The van der Waals surface area contributed by atoms with E-state index in [2.05, 4.69) is 12.4 Å². The van der Waals surface area contributed by atoms with Crippen molar-refractivity contribution in [3.8, 4) is 5.75 Å². The number of benzene rings is 1. The molecule has 0 radical (unpaired) electrons. The standard InChI is InChI=1S/C10H14ClNO/c1-12-7-2-8-13-10-5-3-9(11)4-6-10/h3-6,12H,2,7-8H2,1H3/p+1. The van der Waals surface area contributed by atoms with Gasteiger partial charge in [-0.1, -0.05) is 11.6 Å². The van der Waals surface area contributed by atoms with E-state index in [1.165, 1.54) is 0 Å². The monoisotopic (exact) mass is 200 g/mol. The summed E-state index contributed by atoms with van der Waals surface area (Å²) >= 11 is 5.73. The SMILES string of the molecule is C[NH2+]CCCOc1ccc(Cl)cc1. The summed E-state index contributed by atoms with van der Waals surface area (Å²) < 4.78 is 5.48. The van der Waals surface area contributed by atoms with Crippen LogP contribution in [0, 0.1) is 0 Å². The van der Waals surface area contributed by atoms with Crippen LogP contribution in [0.2, 0.25) is 5.02 Å². The number of nitrogens with two attached hydrogens (primary N) is 1. The molecule has 3 heteroatoms. The molecule has 2 N–H and O–H groups in total. The van der Waals surface area contributed by atoms with Crippen LogP contribution in [0.25, 0.3) is 0 Å². The molecule has 0 atom stereocenters. The molecule has 0 amide bonds. The summed E-state index contributed by atoms with van der Waals surface area (Å²) in [5, 5.41) is 2.89. The Labute approximate surface area is 83.9 Å². The summed E-state index contributed by atoms with van der Waals surface area (Å²) in [5.74, 6) is 0.889. The molecule has 0 aliphatic carbocycles. The largest absolute Gasteiger partial charge is 0.493 e. The van der Waals surface area contributed by atoms with E-state index in [0.29, 0.717) is 0 Å². The second-order valence-corrected chi connectivity index (χ2v) is 3.29. The maximum Gasteiger partial charge on any atom is 0.119 e. The van der Waals surface area contributed by atoms with Crippen molar-refractivity contribution < 1.29 is 10.1 Å². The van der Waals surface area contributed by atoms with Gasteiger partial charge in [0.05, 0.1) is 20.2 Å². The summed E-state index contributed by atoms with van der Waals surface area (Å²) in [6, 6.07) is 7.45. The van der Waals surface area contributed by atoms with Gasteiger partial charge in [0.2, 0.25) is 0 Å². The molecule has 0 unspecified atom stereocenters. The molecule has 0 fully saturated rings. The van der Waals surface area contributed by atoms with Crippen LogP contribution in [0.4, 0.5) is 0 Å². The van der Waals surface area contributed by atoms with E-state index in [0.717, 1.165) is 30.3 Å². The average Bonchev–Trinajstić information content (AvgIpc) is 2.15. The number of hydrogen-bond donors (Lipinski definition) is 1. The Morgan fingerprint density at radius 2 is 2.00 bits per heavy atom. The highest BCUT2D eigenvalue weighted by atomic mass is 35.5. The van der Waals surface area contributed by atoms with Crippen LogP contribution in [-0.2, 0) is 0 Å². The van der Waals surface area contributed by atoms with Gasteiger partial charge >= 0.3 is 0 Å². The molecule has 0 bridgehead atoms. The highest BCUT2D eigenvalue weighted by Gasteiger charge is 1.93. The number of hydrogen-bond acceptors (Lipinski definition) is 1. The van der Waals surface area contributed by atoms with E-state index >= 15 is 0 Å². The van der Waals surface area contributed by atoms with Crippen LogP contribution >= 0.6 is 11.6 Å². The first kappa shape index (κ1) is 10.4. The average molecular weight is 201 g/mol. The van der Waals surface area contributed by atoms with Crippen LogP contribution in [0.5, 0.6) is 5.75 Å². The fraction of sp³-hybridized carbons (Fsp3) is 0.400. The Balaban J connectivity index is 2.25. The van der Waals surface area contributed by atoms with E-state index in [9.17, 15) is 0 Å². The van der Waals surface area contributed by atoms with Gasteiger partial charge < -0.3 is 10.1 Å². The summed E-state index contributed by atoms with van der Waals surface area (Å²) in [5.41, 5.74) is 0. The van der Waals surface area contributed by atoms with Crippen molar-refractivity contribution >= 4 is 11.6 Å². The molecule has 0 saturated carbocycles. The predicted octanol–water partition coefficient (Wildman–Crippen LogP) is 1.30. The van der Waals surface area contributed by atoms with Crippen molar-refractivity contribution in [2.45, 2.75) is 6.42 Å². The quantitative estimate of drug-likeness (QED) is 0.713. The van der Waals surface area contributed by atoms with Crippen molar-refractivity contribution in [3.63, 3.8) is 0 Å². The summed E-state index contributed by atoms with van der Waals surface area (Å²) in [6.45, 7) is 1.87. The molecule has 72 valence electrons. The van der Waals surface area contributed by atoms with E-state index in [4.69, 9.17) is 16.3 Å². The molecule has 0 aliphatic heterocycles. The molecule has 0 saturated heterocycles. The Kier molecular flexibility index (Phi) is 4.65. The van der Waals surface area contributed by atoms with E-state index in [1.807, 2.05) is 24.3 Å². The lowest BCUT2D eigenvalue weighted by Gasteiger charge is -2.04. The van der Waals surface area contributed by atoms with Crippen molar-refractivity contribution in [1.82, 2.24) is 0 Å². The first-order valence-electron chi connectivity index (χ1n) is 4.49. The third-order valence-corrected chi connectivity index (χ3v) is 1.97. The number of halogens is 1. The Morgan fingerprint density at radius 3 is 2.62 bits per heavy atom. The molecule has 1 aromatic carbocycles. The van der Waals surface area contributed by atoms with Crippen LogP contribution in [0.15, 0.2) is 24.3 Å². The lowest BCUT2D eigenvalue weighted by Crippen LogP contribution is -2.79. The zero-order valence-corrected chi connectivity index (χ0v) is 8.55. The minimum atomic E-state index is 0.745. The van der Waals surface area contributed by atoms with Gasteiger partial charge in [0.15, 0.2) is 0 Å². The van der Waals surface area contributed by atoms with Crippen molar-refractivity contribution in [2.75, 3.05) is 20.2 Å². The van der Waals surface area contributed by atoms with Crippen LogP contribution in [-0.4, -0.2) is 20.2 Å². The molecule has 0 spiro atoms. The summed E-state index contributed by atoms with van der Waals surface area (Å²) in [4.78, 5) is 0. The molecular formula is C10H15ClNO+. The zero-order chi connectivity index (χ0) is 9.52. The van der Waals surface area contributed by atoms with Gasteiger partial charge in [0, 0.05) is 11.4 Å². The van der Waals surface area contributed by atoms with E-state index in [1.54, 1.807) is 0 Å². The van der Waals surface area contributed by atoms with Gasteiger partial charge in [-0.3, -0.25) is 0 Å². The third-order valence-electron chi connectivity index (χ3n) is 1.72. The molecule has 13 heavy (non-hydrogen) atoms. The second-order valence-electron chi connectivity index (χ2n) is 2.85. The van der Waals surface area contributed by atoms with Gasteiger partial charge in [-0.25, -0.2) is 0 Å². The molecule has 1 aromatic rings. The molecule has 2 nitrogen and oxygen atoms in total. The molecule has 0 heterocycles. The maximum atomic E-state index is 5.73. The van der Waals surface area contributed by atoms with Crippen molar-refractivity contribution in [2.24, 2.45) is 0 Å². The summed E-state index contributed by atoms with van der Waals surface area (Å²) in [7, 11) is 2.06. The summed E-state index contributed by atoms with van der Waals surface area (Å²) in [6.07, 6.45) is 1.07. The smallest absolute Gasteiger partial charge is 0.119 e. The zero-order valence-electron chi connectivity index (χ0n) is 7.79. The van der Waals surface area contributed by atoms with Gasteiger partial charge in [0.1, 0.15) is 5.75 Å². The minimum absolute atomic E-state index is 0.745. The third kappa shape index (κ3) is 4.15. The Morgan fingerprint density at radius 1 is 1.31 bits per heavy atom. The Hall–Kier alpha value is -0.730. The highest BCUT2D eigenvalue weighted by Crippen LogP contribution is 2.15. The number of ether oxygens (including phenoxy) is 1. The maximum absolute atomic E-state index is 5.73. The topological polar surface area (TPSA) is 25.8 Å². The molecular weight excluding hydrogens is 186 g/mol.